The number of hydrogen-bond acceptors (Lipinski definition) is 9. The zero-order valence-electron chi connectivity index (χ0n) is 18.3. The summed E-state index contributed by atoms with van der Waals surface area (Å²) in [4.78, 5) is 12.6. The number of methoxy groups -OCH3 is 1. The zero-order chi connectivity index (χ0) is 22.5. The number of ether oxygens (including phenoxy) is 2. The van der Waals surface area contributed by atoms with E-state index in [2.05, 4.69) is 25.7 Å². The standard InChI is InChI=1S/C20H26N6O3S2/c1-11(2)26-17(12(3)29-16-10-8-7-9-15(16)28-6)23-25-20(26)30-13(4)18(27)21-19-24-22-14(5)31-19/h7-13H,1-6H3,(H,21,24,27). The van der Waals surface area contributed by atoms with Crippen molar-refractivity contribution in [2.75, 3.05) is 12.4 Å². The highest BCUT2D eigenvalue weighted by molar-refractivity contribution is 8.00. The van der Waals surface area contributed by atoms with Crippen molar-refractivity contribution in [2.45, 2.75) is 57.2 Å². The summed E-state index contributed by atoms with van der Waals surface area (Å²) in [5.41, 5.74) is 0. The van der Waals surface area contributed by atoms with Gasteiger partial charge in [-0.3, -0.25) is 10.1 Å². The number of carbonyl (C=O) groups is 1. The first-order valence-electron chi connectivity index (χ1n) is 9.82. The van der Waals surface area contributed by atoms with Crippen molar-refractivity contribution in [3.8, 4) is 11.5 Å². The Morgan fingerprint density at radius 3 is 2.42 bits per heavy atom. The average Bonchev–Trinajstić information content (AvgIpc) is 3.34. The second-order valence-electron chi connectivity index (χ2n) is 7.09. The molecule has 0 fully saturated rings. The number of thioether (sulfide) groups is 1. The van der Waals surface area contributed by atoms with Crippen molar-refractivity contribution in [3.05, 3.63) is 35.1 Å². The van der Waals surface area contributed by atoms with E-state index in [1.807, 2.05) is 63.5 Å². The lowest BCUT2D eigenvalue weighted by Gasteiger charge is -2.20. The molecule has 1 aromatic carbocycles. The first-order chi connectivity index (χ1) is 14.8. The molecule has 0 saturated carbocycles. The molecule has 3 aromatic rings. The molecule has 0 saturated heterocycles. The van der Waals surface area contributed by atoms with Gasteiger partial charge in [0.2, 0.25) is 11.0 Å². The van der Waals surface area contributed by atoms with Crippen LogP contribution >= 0.6 is 23.1 Å². The van der Waals surface area contributed by atoms with Gasteiger partial charge in [-0.15, -0.1) is 20.4 Å². The third-order valence-corrected chi connectivity index (χ3v) is 6.16. The van der Waals surface area contributed by atoms with Gasteiger partial charge in [-0.05, 0) is 46.8 Å². The van der Waals surface area contributed by atoms with E-state index >= 15 is 0 Å². The molecule has 9 nitrogen and oxygen atoms in total. The molecule has 0 spiro atoms. The summed E-state index contributed by atoms with van der Waals surface area (Å²) < 4.78 is 13.5. The molecule has 2 unspecified atom stereocenters. The zero-order valence-corrected chi connectivity index (χ0v) is 20.0. The fourth-order valence-electron chi connectivity index (χ4n) is 2.86. The number of rotatable bonds is 9. The molecule has 0 radical (unpaired) electrons. The van der Waals surface area contributed by atoms with Gasteiger partial charge >= 0.3 is 0 Å². The number of aryl methyl sites for hydroxylation is 1. The Morgan fingerprint density at radius 2 is 1.81 bits per heavy atom. The molecule has 0 bridgehead atoms. The smallest absolute Gasteiger partial charge is 0.239 e. The van der Waals surface area contributed by atoms with Crippen LogP contribution in [0.3, 0.4) is 0 Å². The molecule has 31 heavy (non-hydrogen) atoms. The Morgan fingerprint density at radius 1 is 1.10 bits per heavy atom. The minimum atomic E-state index is -0.399. The molecule has 0 aliphatic heterocycles. The van der Waals surface area contributed by atoms with Crippen molar-refractivity contribution in [3.63, 3.8) is 0 Å². The third kappa shape index (κ3) is 5.53. The van der Waals surface area contributed by atoms with E-state index in [1.165, 1.54) is 23.1 Å². The molecule has 0 aliphatic carbocycles. The van der Waals surface area contributed by atoms with Crippen molar-refractivity contribution in [2.24, 2.45) is 0 Å². The summed E-state index contributed by atoms with van der Waals surface area (Å²) in [5, 5.41) is 20.9. The summed E-state index contributed by atoms with van der Waals surface area (Å²) in [5.74, 6) is 1.79. The molecule has 2 heterocycles. The molecular weight excluding hydrogens is 436 g/mol. The lowest BCUT2D eigenvalue weighted by molar-refractivity contribution is -0.115. The topological polar surface area (TPSA) is 104 Å². The highest BCUT2D eigenvalue weighted by atomic mass is 32.2. The number of benzene rings is 1. The number of carbonyl (C=O) groups excluding carboxylic acids is 1. The molecule has 11 heteroatoms. The highest BCUT2D eigenvalue weighted by Crippen LogP contribution is 2.33. The van der Waals surface area contributed by atoms with E-state index in [9.17, 15) is 4.79 Å². The molecule has 2 atom stereocenters. The molecule has 3 rings (SSSR count). The van der Waals surface area contributed by atoms with Crippen LogP contribution in [0.2, 0.25) is 0 Å². The lowest BCUT2D eigenvalue weighted by atomic mass is 10.3. The van der Waals surface area contributed by atoms with Crippen molar-refractivity contribution in [1.82, 2.24) is 25.0 Å². The van der Waals surface area contributed by atoms with Gasteiger partial charge in [-0.2, -0.15) is 0 Å². The number of hydrogen-bond donors (Lipinski definition) is 1. The quantitative estimate of drug-likeness (QED) is 0.470. The van der Waals surface area contributed by atoms with Gasteiger partial charge in [0.15, 0.2) is 28.6 Å². The predicted octanol–water partition coefficient (Wildman–Crippen LogP) is 4.29. The first kappa shape index (κ1) is 23.0. The predicted molar refractivity (Wildman–Crippen MR) is 121 cm³/mol. The maximum atomic E-state index is 12.6. The Balaban J connectivity index is 1.75. The first-order valence-corrected chi connectivity index (χ1v) is 11.5. The van der Waals surface area contributed by atoms with Crippen molar-refractivity contribution in [1.29, 1.82) is 0 Å². The van der Waals surface area contributed by atoms with Gasteiger partial charge in [0.1, 0.15) is 5.01 Å². The van der Waals surface area contributed by atoms with Gasteiger partial charge in [0.05, 0.1) is 12.4 Å². The summed E-state index contributed by atoms with van der Waals surface area (Å²) in [7, 11) is 1.60. The number of para-hydroxylation sites is 2. The largest absolute Gasteiger partial charge is 0.493 e. The number of anilines is 1. The van der Waals surface area contributed by atoms with Crippen molar-refractivity contribution < 1.29 is 14.3 Å². The number of nitrogens with zero attached hydrogens (tertiary/aromatic N) is 5. The van der Waals surface area contributed by atoms with Crippen LogP contribution in [0, 0.1) is 6.92 Å². The Kier molecular flexibility index (Phi) is 7.50. The van der Waals surface area contributed by atoms with E-state index in [4.69, 9.17) is 9.47 Å². The van der Waals surface area contributed by atoms with Crippen LogP contribution in [-0.2, 0) is 4.79 Å². The maximum Gasteiger partial charge on any atom is 0.239 e. The second-order valence-corrected chi connectivity index (χ2v) is 9.58. The van der Waals surface area contributed by atoms with Crippen LogP contribution in [0.15, 0.2) is 29.4 Å². The van der Waals surface area contributed by atoms with Crippen LogP contribution < -0.4 is 14.8 Å². The van der Waals surface area contributed by atoms with E-state index in [0.717, 1.165) is 5.01 Å². The molecule has 1 amide bonds. The summed E-state index contributed by atoms with van der Waals surface area (Å²) >= 11 is 2.67. The monoisotopic (exact) mass is 462 g/mol. The maximum absolute atomic E-state index is 12.6. The summed E-state index contributed by atoms with van der Waals surface area (Å²) in [6.45, 7) is 9.66. The Labute approximate surface area is 189 Å². The van der Waals surface area contributed by atoms with Gasteiger partial charge in [0.25, 0.3) is 0 Å². The Hall–Kier alpha value is -2.66. The summed E-state index contributed by atoms with van der Waals surface area (Å²) in [6.07, 6.45) is -0.367. The minimum absolute atomic E-state index is 0.0808. The van der Waals surface area contributed by atoms with Crippen molar-refractivity contribution >= 4 is 34.1 Å². The van der Waals surface area contributed by atoms with E-state index in [-0.39, 0.29) is 18.1 Å². The van der Waals surface area contributed by atoms with Crippen LogP contribution in [-0.4, -0.2) is 43.2 Å². The molecule has 2 aromatic heterocycles. The van der Waals surface area contributed by atoms with E-state index in [0.29, 0.717) is 27.6 Å². The van der Waals surface area contributed by atoms with Gasteiger partial charge in [-0.1, -0.05) is 35.2 Å². The minimum Gasteiger partial charge on any atom is -0.493 e. The van der Waals surface area contributed by atoms with Crippen LogP contribution in [0.5, 0.6) is 11.5 Å². The van der Waals surface area contributed by atoms with Crippen LogP contribution in [0.1, 0.15) is 50.7 Å². The van der Waals surface area contributed by atoms with Gasteiger partial charge in [0, 0.05) is 6.04 Å². The Bertz CT molecular complexity index is 1040. The van der Waals surface area contributed by atoms with E-state index in [1.54, 1.807) is 7.11 Å². The number of amides is 1. The highest BCUT2D eigenvalue weighted by Gasteiger charge is 2.25. The molecular formula is C20H26N6O3S2. The molecule has 166 valence electrons. The number of aromatic nitrogens is 5. The lowest BCUT2D eigenvalue weighted by Crippen LogP contribution is -2.23. The van der Waals surface area contributed by atoms with E-state index < -0.39 is 5.25 Å². The fraction of sp³-hybridized carbons (Fsp3) is 0.450. The second kappa shape index (κ2) is 10.1. The molecule has 0 aliphatic rings. The number of nitrogens with one attached hydrogen (secondary N) is 1. The normalized spacial score (nSPS) is 13.1. The fourth-order valence-corrected chi connectivity index (χ4v) is 4.44. The van der Waals surface area contributed by atoms with Crippen LogP contribution in [0.25, 0.3) is 0 Å². The average molecular weight is 463 g/mol. The molecule has 1 N–H and O–H groups in total. The third-order valence-electron chi connectivity index (χ3n) is 4.35. The van der Waals surface area contributed by atoms with Crippen LogP contribution in [0.4, 0.5) is 5.13 Å². The SMILES string of the molecule is COc1ccccc1OC(C)c1nnc(SC(C)C(=O)Nc2nnc(C)s2)n1C(C)C. The van der Waals surface area contributed by atoms with Gasteiger partial charge in [-0.25, -0.2) is 0 Å². The van der Waals surface area contributed by atoms with Gasteiger partial charge < -0.3 is 14.0 Å². The summed E-state index contributed by atoms with van der Waals surface area (Å²) in [6, 6.07) is 7.55.